The van der Waals surface area contributed by atoms with E-state index in [9.17, 15) is 22.8 Å². The lowest BCUT2D eigenvalue weighted by Gasteiger charge is -2.12. The van der Waals surface area contributed by atoms with Crippen molar-refractivity contribution >= 4 is 34.9 Å². The van der Waals surface area contributed by atoms with E-state index in [1.807, 2.05) is 0 Å². The van der Waals surface area contributed by atoms with Crippen molar-refractivity contribution in [3.63, 3.8) is 0 Å². The van der Waals surface area contributed by atoms with Gasteiger partial charge >= 0.3 is 6.18 Å². The molecule has 5 N–H and O–H groups in total. The van der Waals surface area contributed by atoms with E-state index < -0.39 is 29.5 Å². The summed E-state index contributed by atoms with van der Waals surface area (Å²) in [6.45, 7) is -0.925. The number of nitrogens with one attached hydrogen (secondary N) is 3. The van der Waals surface area contributed by atoms with Crippen molar-refractivity contribution in [2.45, 2.75) is 11.9 Å². The zero-order valence-corrected chi connectivity index (χ0v) is 15.6. The average Bonchev–Trinajstić information content (AvgIpc) is 2.64. The maximum atomic E-state index is 12.1. The molecule has 0 bridgehead atoms. The van der Waals surface area contributed by atoms with Gasteiger partial charge in [0, 0.05) is 25.5 Å². The second-order valence-corrected chi connectivity index (χ2v) is 6.54. The lowest BCUT2D eigenvalue weighted by Crippen LogP contribution is -2.37. The van der Waals surface area contributed by atoms with Crippen molar-refractivity contribution in [1.29, 1.82) is 0 Å². The van der Waals surface area contributed by atoms with Crippen molar-refractivity contribution < 1.29 is 13.2 Å². The largest absolute Gasteiger partial charge is 0.408 e. The summed E-state index contributed by atoms with van der Waals surface area (Å²) in [5.41, 5.74) is 4.88. The topological polar surface area (TPSA) is 134 Å². The normalized spacial score (nSPS) is 12.2. The predicted octanol–water partition coefficient (Wildman–Crippen LogP) is 0.748. The lowest BCUT2D eigenvalue weighted by atomic mass is 10.2. The molecule has 2 rings (SSSR count). The highest BCUT2D eigenvalue weighted by molar-refractivity contribution is 7.98. The molecule has 0 aliphatic rings. The minimum absolute atomic E-state index is 0.231. The summed E-state index contributed by atoms with van der Waals surface area (Å²) in [5, 5.41) is 8.05. The molecule has 0 spiro atoms. The number of nitrogens with two attached hydrogens (primary N) is 1. The van der Waals surface area contributed by atoms with E-state index in [0.29, 0.717) is 23.9 Å². The number of anilines is 3. The van der Waals surface area contributed by atoms with Crippen molar-refractivity contribution in [2.75, 3.05) is 41.8 Å². The van der Waals surface area contributed by atoms with Gasteiger partial charge in [0.05, 0.1) is 5.75 Å². The number of halogens is 3. The first kappa shape index (κ1) is 21.5. The van der Waals surface area contributed by atoms with Crippen LogP contribution in [-0.4, -0.2) is 48.0 Å². The Hall–Kier alpha value is -2.83. The second-order valence-electron chi connectivity index (χ2n) is 5.44. The molecule has 1 aromatic carbocycles. The quantitative estimate of drug-likeness (QED) is 0.202. The number of aromatic nitrogens is 2. The molecule has 0 fully saturated rings. The standard InChI is InChI=1S/C15H18F3N7O2S/c1-20-10-11(13(27)12(10)26)22-4-5-28-6-9-21-3-2-8(24-9)25-14(19)23-7-15(16,17)18/h2-3,20,22H,4-7H2,1H3,(H3,19,21,23,24,25). The number of guanidine groups is 1. The Morgan fingerprint density at radius 2 is 2.00 bits per heavy atom. The van der Waals surface area contributed by atoms with E-state index in [0.717, 1.165) is 0 Å². The van der Waals surface area contributed by atoms with Crippen LogP contribution in [0.25, 0.3) is 0 Å². The fraction of sp³-hybridized carbons (Fsp3) is 0.400. The zero-order valence-electron chi connectivity index (χ0n) is 14.8. The summed E-state index contributed by atoms with van der Waals surface area (Å²) in [7, 11) is 1.56. The van der Waals surface area contributed by atoms with E-state index in [1.165, 1.54) is 24.0 Å². The van der Waals surface area contributed by atoms with Gasteiger partial charge in [-0.05, 0) is 6.07 Å². The van der Waals surface area contributed by atoms with Gasteiger partial charge in [-0.3, -0.25) is 9.59 Å². The maximum Gasteiger partial charge on any atom is 0.408 e. The molecule has 2 aromatic rings. The van der Waals surface area contributed by atoms with Gasteiger partial charge in [0.25, 0.3) is 10.9 Å². The second kappa shape index (κ2) is 9.39. The molecule has 0 saturated carbocycles. The van der Waals surface area contributed by atoms with Crippen LogP contribution >= 0.6 is 11.8 Å². The van der Waals surface area contributed by atoms with Crippen LogP contribution in [0.4, 0.5) is 30.4 Å². The molecule has 1 aromatic heterocycles. The highest BCUT2D eigenvalue weighted by atomic mass is 32.2. The Balaban J connectivity index is 1.77. The summed E-state index contributed by atoms with van der Waals surface area (Å²) < 4.78 is 36.3. The summed E-state index contributed by atoms with van der Waals surface area (Å²) in [4.78, 5) is 34.1. The molecule has 0 amide bonds. The van der Waals surface area contributed by atoms with Crippen molar-refractivity contribution in [3.05, 3.63) is 38.5 Å². The van der Waals surface area contributed by atoms with Gasteiger partial charge in [-0.2, -0.15) is 24.9 Å². The van der Waals surface area contributed by atoms with Crippen LogP contribution in [0.5, 0.6) is 0 Å². The lowest BCUT2D eigenvalue weighted by molar-refractivity contribution is -0.118. The number of aliphatic imine (C=N–C) groups is 1. The van der Waals surface area contributed by atoms with E-state index in [2.05, 4.69) is 30.9 Å². The highest BCUT2D eigenvalue weighted by Crippen LogP contribution is 2.15. The molecular formula is C15H18F3N7O2S. The van der Waals surface area contributed by atoms with Crippen LogP contribution in [0.2, 0.25) is 0 Å². The summed E-state index contributed by atoms with van der Waals surface area (Å²) >= 11 is 1.47. The predicted molar refractivity (Wildman–Crippen MR) is 104 cm³/mol. The number of rotatable bonds is 9. The van der Waals surface area contributed by atoms with Crippen LogP contribution in [-0.2, 0) is 5.75 Å². The monoisotopic (exact) mass is 417 g/mol. The summed E-state index contributed by atoms with van der Waals surface area (Å²) in [6, 6.07) is 1.46. The third-order valence-electron chi connectivity index (χ3n) is 3.33. The molecule has 152 valence electrons. The smallest absolute Gasteiger partial charge is 0.383 e. The van der Waals surface area contributed by atoms with Crippen LogP contribution in [0, 0.1) is 0 Å². The molecule has 13 heteroatoms. The van der Waals surface area contributed by atoms with Gasteiger partial charge in [-0.15, -0.1) is 0 Å². The van der Waals surface area contributed by atoms with Crippen LogP contribution < -0.4 is 32.5 Å². The van der Waals surface area contributed by atoms with Crippen molar-refractivity contribution in [2.24, 2.45) is 10.7 Å². The Morgan fingerprint density at radius 1 is 1.29 bits per heavy atom. The SMILES string of the molecule is CNc1c(NCCSCc2nccc(NC(N)=NCC(F)(F)F)n2)c(=O)c1=O. The first-order valence-corrected chi connectivity index (χ1v) is 9.15. The molecule has 9 nitrogen and oxygen atoms in total. The zero-order chi connectivity index (χ0) is 20.7. The first-order chi connectivity index (χ1) is 13.2. The van der Waals surface area contributed by atoms with Gasteiger partial charge < -0.3 is 21.7 Å². The van der Waals surface area contributed by atoms with Gasteiger partial charge in [0.15, 0.2) is 5.96 Å². The van der Waals surface area contributed by atoms with Gasteiger partial charge in [0.1, 0.15) is 29.6 Å². The number of alkyl halides is 3. The van der Waals surface area contributed by atoms with Crippen molar-refractivity contribution in [3.8, 4) is 0 Å². The molecule has 0 aliphatic carbocycles. The van der Waals surface area contributed by atoms with E-state index in [1.54, 1.807) is 7.05 Å². The Bertz CT molecular complexity index is 910. The van der Waals surface area contributed by atoms with Crippen molar-refractivity contribution in [1.82, 2.24) is 9.97 Å². The number of hydrogen-bond acceptors (Lipinski definition) is 8. The van der Waals surface area contributed by atoms with Gasteiger partial charge in [-0.25, -0.2) is 15.0 Å². The van der Waals surface area contributed by atoms with Gasteiger partial charge in [0.2, 0.25) is 0 Å². The number of thioether (sulfide) groups is 1. The average molecular weight is 417 g/mol. The minimum Gasteiger partial charge on any atom is -0.383 e. The third-order valence-corrected chi connectivity index (χ3v) is 4.29. The molecular weight excluding hydrogens is 399 g/mol. The maximum absolute atomic E-state index is 12.1. The highest BCUT2D eigenvalue weighted by Gasteiger charge is 2.26. The van der Waals surface area contributed by atoms with Crippen LogP contribution in [0.1, 0.15) is 5.82 Å². The third kappa shape index (κ3) is 6.11. The Morgan fingerprint density at radius 3 is 2.68 bits per heavy atom. The number of hydrogen-bond donors (Lipinski definition) is 4. The van der Waals surface area contributed by atoms with E-state index in [-0.39, 0.29) is 17.2 Å². The fourth-order valence-corrected chi connectivity index (χ4v) is 2.81. The first-order valence-electron chi connectivity index (χ1n) is 7.99. The van der Waals surface area contributed by atoms with Crippen LogP contribution in [0.3, 0.4) is 0 Å². The Kier molecular flexibility index (Phi) is 7.20. The molecule has 28 heavy (non-hydrogen) atoms. The van der Waals surface area contributed by atoms with Gasteiger partial charge in [-0.1, -0.05) is 0 Å². The molecule has 0 atom stereocenters. The molecule has 0 saturated heterocycles. The molecule has 0 unspecified atom stereocenters. The van der Waals surface area contributed by atoms with E-state index >= 15 is 0 Å². The fourth-order valence-electron chi connectivity index (χ4n) is 2.09. The molecule has 0 aliphatic heterocycles. The molecule has 0 radical (unpaired) electrons. The van der Waals surface area contributed by atoms with Crippen LogP contribution in [0.15, 0.2) is 26.8 Å². The molecule has 1 heterocycles. The Labute approximate surface area is 161 Å². The van der Waals surface area contributed by atoms with E-state index in [4.69, 9.17) is 5.73 Å². The number of nitrogens with zero attached hydrogens (tertiary/aromatic N) is 3. The minimum atomic E-state index is -4.44. The summed E-state index contributed by atoms with van der Waals surface area (Å²) in [5.74, 6) is 1.32. The summed E-state index contributed by atoms with van der Waals surface area (Å²) in [6.07, 6.45) is -2.99.